The summed E-state index contributed by atoms with van der Waals surface area (Å²) in [6, 6.07) is 0. The van der Waals surface area contributed by atoms with Gasteiger partial charge in [-0.25, -0.2) is 0 Å². The van der Waals surface area contributed by atoms with E-state index in [0.717, 1.165) is 12.8 Å². The molecule has 112 valence electrons. The molecule has 0 radical (unpaired) electrons. The Morgan fingerprint density at radius 1 is 0.895 bits per heavy atom. The van der Waals surface area contributed by atoms with Crippen LogP contribution >= 0.6 is 0 Å². The number of esters is 2. The molecule has 0 saturated carbocycles. The molecule has 0 fully saturated rings. The maximum Gasteiger partial charge on any atom is 0.306 e. The molecule has 0 rings (SSSR count). The Morgan fingerprint density at radius 2 is 1.53 bits per heavy atom. The molecule has 4 heteroatoms. The number of hydrogen-bond donors (Lipinski definition) is 0. The largest absolute Gasteiger partial charge is 0.466 e. The van der Waals surface area contributed by atoms with Crippen LogP contribution in [0.1, 0.15) is 72.1 Å². The second-order valence-corrected chi connectivity index (χ2v) is 5.03. The van der Waals surface area contributed by atoms with Gasteiger partial charge in [0, 0.05) is 12.8 Å². The minimum Gasteiger partial charge on any atom is -0.466 e. The highest BCUT2D eigenvalue weighted by molar-refractivity contribution is 5.70. The summed E-state index contributed by atoms with van der Waals surface area (Å²) in [7, 11) is 0. The van der Waals surface area contributed by atoms with Gasteiger partial charge in [0.05, 0.1) is 12.7 Å². The van der Waals surface area contributed by atoms with Crippen LogP contribution in [0.4, 0.5) is 0 Å². The van der Waals surface area contributed by atoms with Crippen molar-refractivity contribution >= 4 is 11.9 Å². The first-order valence-corrected chi connectivity index (χ1v) is 7.41. The molecular formula is C15H28O4. The first-order valence-electron chi connectivity index (χ1n) is 7.41. The Labute approximate surface area is 116 Å². The van der Waals surface area contributed by atoms with Gasteiger partial charge in [0.25, 0.3) is 0 Å². The zero-order chi connectivity index (χ0) is 14.5. The van der Waals surface area contributed by atoms with Crippen LogP contribution in [0.25, 0.3) is 0 Å². The molecule has 0 spiro atoms. The molecule has 0 amide bonds. The Hall–Kier alpha value is -1.06. The van der Waals surface area contributed by atoms with Crippen molar-refractivity contribution in [2.24, 2.45) is 0 Å². The zero-order valence-corrected chi connectivity index (χ0v) is 12.6. The van der Waals surface area contributed by atoms with Gasteiger partial charge in [-0.1, -0.05) is 26.2 Å². The van der Waals surface area contributed by atoms with E-state index in [4.69, 9.17) is 9.47 Å². The smallest absolute Gasteiger partial charge is 0.306 e. The van der Waals surface area contributed by atoms with Crippen molar-refractivity contribution in [2.45, 2.75) is 78.2 Å². The van der Waals surface area contributed by atoms with Gasteiger partial charge >= 0.3 is 11.9 Å². The van der Waals surface area contributed by atoms with Crippen LogP contribution in [0, 0.1) is 0 Å². The summed E-state index contributed by atoms with van der Waals surface area (Å²) in [6.45, 7) is 6.33. The summed E-state index contributed by atoms with van der Waals surface area (Å²) in [5.41, 5.74) is 0. The van der Waals surface area contributed by atoms with Crippen LogP contribution in [0.3, 0.4) is 0 Å². The summed E-state index contributed by atoms with van der Waals surface area (Å²) in [4.78, 5) is 22.6. The van der Waals surface area contributed by atoms with Crippen molar-refractivity contribution in [2.75, 3.05) is 6.61 Å². The molecule has 0 bridgehead atoms. The van der Waals surface area contributed by atoms with Gasteiger partial charge in [0.2, 0.25) is 0 Å². The molecule has 19 heavy (non-hydrogen) atoms. The molecule has 0 aliphatic carbocycles. The van der Waals surface area contributed by atoms with Crippen LogP contribution in [0.2, 0.25) is 0 Å². The van der Waals surface area contributed by atoms with Gasteiger partial charge < -0.3 is 9.47 Å². The fourth-order valence-corrected chi connectivity index (χ4v) is 1.65. The molecular weight excluding hydrogens is 244 g/mol. The van der Waals surface area contributed by atoms with Crippen LogP contribution in [-0.4, -0.2) is 24.6 Å². The average Bonchev–Trinajstić information content (AvgIpc) is 2.33. The molecule has 0 saturated heterocycles. The Kier molecular flexibility index (Phi) is 11.3. The summed E-state index contributed by atoms with van der Waals surface area (Å²) < 4.78 is 10.1. The Bertz CT molecular complexity index is 249. The maximum atomic E-state index is 11.4. The molecule has 0 heterocycles. The van der Waals surface area contributed by atoms with Crippen molar-refractivity contribution in [1.82, 2.24) is 0 Å². The third-order valence-corrected chi connectivity index (χ3v) is 2.64. The zero-order valence-electron chi connectivity index (χ0n) is 12.6. The SMILES string of the molecule is CCCCCCOC(=O)CCCCC(=O)OC(C)C. The van der Waals surface area contributed by atoms with Crippen molar-refractivity contribution < 1.29 is 19.1 Å². The summed E-state index contributed by atoms with van der Waals surface area (Å²) in [6.07, 6.45) is 6.49. The number of carbonyl (C=O) groups is 2. The Balaban J connectivity index is 3.36. The van der Waals surface area contributed by atoms with E-state index in [0.29, 0.717) is 32.3 Å². The maximum absolute atomic E-state index is 11.4. The highest BCUT2D eigenvalue weighted by Gasteiger charge is 2.07. The first-order chi connectivity index (χ1) is 9.06. The molecule has 0 unspecified atom stereocenters. The quantitative estimate of drug-likeness (QED) is 0.426. The number of rotatable bonds is 11. The number of carbonyl (C=O) groups excluding carboxylic acids is 2. The van der Waals surface area contributed by atoms with Crippen LogP contribution < -0.4 is 0 Å². The lowest BCUT2D eigenvalue weighted by atomic mass is 10.2. The highest BCUT2D eigenvalue weighted by Crippen LogP contribution is 2.05. The third kappa shape index (κ3) is 13.2. The van der Waals surface area contributed by atoms with Gasteiger partial charge in [-0.15, -0.1) is 0 Å². The lowest BCUT2D eigenvalue weighted by Gasteiger charge is -2.07. The molecule has 0 N–H and O–H groups in total. The minimum absolute atomic E-state index is 0.0689. The second kappa shape index (κ2) is 12.0. The van der Waals surface area contributed by atoms with Gasteiger partial charge in [0.1, 0.15) is 0 Å². The predicted octanol–water partition coefficient (Wildman–Crippen LogP) is 3.62. The molecule has 0 aromatic carbocycles. The van der Waals surface area contributed by atoms with E-state index in [1.54, 1.807) is 0 Å². The average molecular weight is 272 g/mol. The van der Waals surface area contributed by atoms with Crippen molar-refractivity contribution in [1.29, 1.82) is 0 Å². The van der Waals surface area contributed by atoms with Gasteiger partial charge in [-0.2, -0.15) is 0 Å². The lowest BCUT2D eigenvalue weighted by molar-refractivity contribution is -0.148. The number of ether oxygens (including phenoxy) is 2. The lowest BCUT2D eigenvalue weighted by Crippen LogP contribution is -2.11. The monoisotopic (exact) mass is 272 g/mol. The fraction of sp³-hybridized carbons (Fsp3) is 0.867. The Morgan fingerprint density at radius 3 is 2.11 bits per heavy atom. The number of unbranched alkanes of at least 4 members (excludes halogenated alkanes) is 4. The van der Waals surface area contributed by atoms with Crippen LogP contribution in [-0.2, 0) is 19.1 Å². The summed E-state index contributed by atoms with van der Waals surface area (Å²) in [5, 5.41) is 0. The minimum atomic E-state index is -0.192. The van der Waals surface area contributed by atoms with E-state index >= 15 is 0 Å². The van der Waals surface area contributed by atoms with E-state index < -0.39 is 0 Å². The van der Waals surface area contributed by atoms with Gasteiger partial charge in [-0.3, -0.25) is 9.59 Å². The summed E-state index contributed by atoms with van der Waals surface area (Å²) in [5.74, 6) is -0.350. The molecule has 0 atom stereocenters. The second-order valence-electron chi connectivity index (χ2n) is 5.03. The molecule has 0 aromatic rings. The molecule has 0 aliphatic heterocycles. The van der Waals surface area contributed by atoms with Crippen LogP contribution in [0.5, 0.6) is 0 Å². The van der Waals surface area contributed by atoms with E-state index in [2.05, 4.69) is 6.92 Å². The first kappa shape index (κ1) is 17.9. The molecule has 0 aromatic heterocycles. The van der Waals surface area contributed by atoms with Gasteiger partial charge in [-0.05, 0) is 33.1 Å². The van der Waals surface area contributed by atoms with Gasteiger partial charge in [0.15, 0.2) is 0 Å². The highest BCUT2D eigenvalue weighted by atomic mass is 16.5. The molecule has 4 nitrogen and oxygen atoms in total. The standard InChI is InChI=1S/C15H28O4/c1-4-5-6-9-12-18-14(16)10-7-8-11-15(17)19-13(2)3/h13H,4-12H2,1-3H3. The normalized spacial score (nSPS) is 10.5. The van der Waals surface area contributed by atoms with Crippen molar-refractivity contribution in [3.05, 3.63) is 0 Å². The van der Waals surface area contributed by atoms with E-state index in [1.807, 2.05) is 13.8 Å². The topological polar surface area (TPSA) is 52.6 Å². The van der Waals surface area contributed by atoms with E-state index in [1.165, 1.54) is 12.8 Å². The number of hydrogen-bond acceptors (Lipinski definition) is 4. The molecule has 0 aliphatic rings. The van der Waals surface area contributed by atoms with Crippen LogP contribution in [0.15, 0.2) is 0 Å². The summed E-state index contributed by atoms with van der Waals surface area (Å²) >= 11 is 0. The van der Waals surface area contributed by atoms with E-state index in [-0.39, 0.29) is 18.0 Å². The van der Waals surface area contributed by atoms with E-state index in [9.17, 15) is 9.59 Å². The predicted molar refractivity (Wildman–Crippen MR) is 74.8 cm³/mol. The van der Waals surface area contributed by atoms with Crippen molar-refractivity contribution in [3.63, 3.8) is 0 Å². The van der Waals surface area contributed by atoms with Crippen molar-refractivity contribution in [3.8, 4) is 0 Å². The fourth-order valence-electron chi connectivity index (χ4n) is 1.65. The third-order valence-electron chi connectivity index (χ3n) is 2.64.